The highest BCUT2D eigenvalue weighted by Crippen LogP contribution is 2.21. The summed E-state index contributed by atoms with van der Waals surface area (Å²) in [7, 11) is 0. The van der Waals surface area contributed by atoms with Gasteiger partial charge in [0.15, 0.2) is 0 Å². The molecule has 0 bridgehead atoms. The van der Waals surface area contributed by atoms with Crippen molar-refractivity contribution in [1.82, 2.24) is 15.2 Å². The van der Waals surface area contributed by atoms with Crippen molar-refractivity contribution < 1.29 is 4.79 Å². The van der Waals surface area contributed by atoms with E-state index >= 15 is 0 Å². The molecule has 2 aliphatic heterocycles. The first kappa shape index (κ1) is 19.6. The number of carbonyl (C=O) groups excluding carboxylic acids is 1. The molecule has 1 aromatic rings. The SMILES string of the molecule is Cl.O=C(Nc1ccc(Br)cn1)C1CCCN(CC2CCCNC2)C1. The molecule has 5 nitrogen and oxygen atoms in total. The minimum Gasteiger partial charge on any atom is -0.316 e. The number of carbonyl (C=O) groups is 1. The van der Waals surface area contributed by atoms with Gasteiger partial charge in [-0.25, -0.2) is 4.98 Å². The number of nitrogens with one attached hydrogen (secondary N) is 2. The minimum atomic E-state index is 0. The van der Waals surface area contributed by atoms with Gasteiger partial charge in [0.05, 0.1) is 5.92 Å². The highest BCUT2D eigenvalue weighted by molar-refractivity contribution is 9.10. The zero-order valence-corrected chi connectivity index (χ0v) is 16.2. The highest BCUT2D eigenvalue weighted by Gasteiger charge is 2.27. The van der Waals surface area contributed by atoms with Crippen LogP contribution in [0.4, 0.5) is 5.82 Å². The molecule has 0 aromatic carbocycles. The number of anilines is 1. The Bertz CT molecular complexity index is 522. The molecule has 2 atom stereocenters. The van der Waals surface area contributed by atoms with Crippen LogP contribution in [0, 0.1) is 11.8 Å². The van der Waals surface area contributed by atoms with Crippen LogP contribution in [0.3, 0.4) is 0 Å². The van der Waals surface area contributed by atoms with Crippen LogP contribution in [0.5, 0.6) is 0 Å². The zero-order valence-electron chi connectivity index (χ0n) is 13.8. The Kier molecular flexibility index (Phi) is 7.94. The van der Waals surface area contributed by atoms with Crippen molar-refractivity contribution in [3.05, 3.63) is 22.8 Å². The van der Waals surface area contributed by atoms with Crippen LogP contribution in [0.1, 0.15) is 25.7 Å². The van der Waals surface area contributed by atoms with Gasteiger partial charge < -0.3 is 15.5 Å². The van der Waals surface area contributed by atoms with Crippen molar-refractivity contribution in [2.75, 3.05) is 38.0 Å². The third-order valence-corrected chi connectivity index (χ3v) is 5.24. The summed E-state index contributed by atoms with van der Waals surface area (Å²) in [6, 6.07) is 3.72. The Labute approximate surface area is 158 Å². The van der Waals surface area contributed by atoms with Crippen LogP contribution in [0.15, 0.2) is 22.8 Å². The van der Waals surface area contributed by atoms with Crippen molar-refractivity contribution in [2.45, 2.75) is 25.7 Å². The van der Waals surface area contributed by atoms with E-state index < -0.39 is 0 Å². The number of hydrogen-bond acceptors (Lipinski definition) is 4. The lowest BCUT2D eigenvalue weighted by Gasteiger charge is -2.35. The monoisotopic (exact) mass is 416 g/mol. The maximum absolute atomic E-state index is 12.5. The second kappa shape index (κ2) is 9.70. The van der Waals surface area contributed by atoms with E-state index in [1.165, 1.54) is 12.8 Å². The molecule has 0 aliphatic carbocycles. The molecule has 1 aromatic heterocycles. The first-order valence-electron chi connectivity index (χ1n) is 8.56. The van der Waals surface area contributed by atoms with E-state index in [4.69, 9.17) is 0 Å². The summed E-state index contributed by atoms with van der Waals surface area (Å²) in [5.74, 6) is 1.54. The smallest absolute Gasteiger partial charge is 0.229 e. The fraction of sp³-hybridized carbons (Fsp3) is 0.647. The number of amides is 1. The van der Waals surface area contributed by atoms with Gasteiger partial charge in [-0.2, -0.15) is 0 Å². The van der Waals surface area contributed by atoms with Crippen LogP contribution in [0.25, 0.3) is 0 Å². The number of piperidine rings is 2. The molecule has 3 heterocycles. The minimum absolute atomic E-state index is 0. The van der Waals surface area contributed by atoms with Crippen LogP contribution in [0.2, 0.25) is 0 Å². The zero-order chi connectivity index (χ0) is 16.1. The molecule has 2 saturated heterocycles. The van der Waals surface area contributed by atoms with Crippen LogP contribution in [-0.2, 0) is 4.79 Å². The number of pyridine rings is 1. The van der Waals surface area contributed by atoms with E-state index in [1.807, 2.05) is 12.1 Å². The molecule has 2 fully saturated rings. The summed E-state index contributed by atoms with van der Waals surface area (Å²) in [6.07, 6.45) is 6.37. The molecule has 0 saturated carbocycles. The molecular weight excluding hydrogens is 392 g/mol. The van der Waals surface area contributed by atoms with Gasteiger partial charge in [0.2, 0.25) is 5.91 Å². The van der Waals surface area contributed by atoms with Gasteiger partial charge in [0.1, 0.15) is 5.82 Å². The Balaban J connectivity index is 0.00000208. The van der Waals surface area contributed by atoms with Crippen molar-refractivity contribution in [2.24, 2.45) is 11.8 Å². The Hall–Kier alpha value is -0.690. The number of nitrogens with zero attached hydrogens (tertiary/aromatic N) is 2. The summed E-state index contributed by atoms with van der Waals surface area (Å²) in [5.41, 5.74) is 0. The Morgan fingerprint density at radius 3 is 2.96 bits per heavy atom. The van der Waals surface area contributed by atoms with Crippen LogP contribution in [-0.4, -0.2) is 48.5 Å². The van der Waals surface area contributed by atoms with Crippen molar-refractivity contribution in [1.29, 1.82) is 0 Å². The lowest BCUT2D eigenvalue weighted by molar-refractivity contribution is -0.121. The second-order valence-electron chi connectivity index (χ2n) is 6.66. The topological polar surface area (TPSA) is 57.3 Å². The Morgan fingerprint density at radius 1 is 1.38 bits per heavy atom. The highest BCUT2D eigenvalue weighted by atomic mass is 79.9. The molecule has 0 radical (unpaired) electrons. The standard InChI is InChI=1S/C17H25BrN4O.ClH/c18-15-5-6-16(20-10-15)21-17(23)14-4-2-8-22(12-14)11-13-3-1-7-19-9-13;/h5-6,10,13-14,19H,1-4,7-9,11-12H2,(H,20,21,23);1H. The molecule has 3 rings (SSSR count). The summed E-state index contributed by atoms with van der Waals surface area (Å²) in [5, 5.41) is 6.43. The van der Waals surface area contributed by atoms with E-state index in [9.17, 15) is 4.79 Å². The van der Waals surface area contributed by atoms with Gasteiger partial charge in [0.25, 0.3) is 0 Å². The average molecular weight is 418 g/mol. The van der Waals surface area contributed by atoms with E-state index in [1.54, 1.807) is 6.20 Å². The van der Waals surface area contributed by atoms with E-state index in [2.05, 4.69) is 36.4 Å². The van der Waals surface area contributed by atoms with Gasteiger partial charge in [-0.15, -0.1) is 12.4 Å². The van der Waals surface area contributed by atoms with Crippen molar-refractivity contribution in [3.8, 4) is 0 Å². The quantitative estimate of drug-likeness (QED) is 0.791. The van der Waals surface area contributed by atoms with Gasteiger partial charge in [-0.05, 0) is 79.3 Å². The molecule has 24 heavy (non-hydrogen) atoms. The third kappa shape index (κ3) is 5.69. The summed E-state index contributed by atoms with van der Waals surface area (Å²) in [4.78, 5) is 19.2. The molecule has 1 amide bonds. The first-order valence-corrected chi connectivity index (χ1v) is 9.35. The molecule has 0 spiro atoms. The fourth-order valence-electron chi connectivity index (χ4n) is 3.56. The number of halogens is 2. The van der Waals surface area contributed by atoms with Crippen LogP contribution >= 0.6 is 28.3 Å². The summed E-state index contributed by atoms with van der Waals surface area (Å²) in [6.45, 7) is 5.39. The van der Waals surface area contributed by atoms with Crippen molar-refractivity contribution >= 4 is 40.1 Å². The van der Waals surface area contributed by atoms with Gasteiger partial charge >= 0.3 is 0 Å². The largest absolute Gasteiger partial charge is 0.316 e. The Morgan fingerprint density at radius 2 is 2.25 bits per heavy atom. The van der Waals surface area contributed by atoms with E-state index in [0.717, 1.165) is 56.0 Å². The summed E-state index contributed by atoms with van der Waals surface area (Å²) >= 11 is 3.36. The molecule has 134 valence electrons. The van der Waals surface area contributed by atoms with Crippen LogP contribution < -0.4 is 10.6 Å². The number of likely N-dealkylation sites (tertiary alicyclic amines) is 1. The predicted molar refractivity (Wildman–Crippen MR) is 103 cm³/mol. The van der Waals surface area contributed by atoms with E-state index in [-0.39, 0.29) is 24.2 Å². The second-order valence-corrected chi connectivity index (χ2v) is 7.58. The fourth-order valence-corrected chi connectivity index (χ4v) is 3.79. The predicted octanol–water partition coefficient (Wildman–Crippen LogP) is 2.92. The lowest BCUT2D eigenvalue weighted by atomic mass is 9.94. The average Bonchev–Trinajstić information content (AvgIpc) is 2.58. The molecular formula is C17H26BrClN4O. The maximum atomic E-state index is 12.5. The first-order chi connectivity index (χ1) is 11.2. The van der Waals surface area contributed by atoms with Gasteiger partial charge in [-0.1, -0.05) is 0 Å². The molecule has 2 unspecified atom stereocenters. The molecule has 2 N–H and O–H groups in total. The summed E-state index contributed by atoms with van der Waals surface area (Å²) < 4.78 is 0.917. The molecule has 7 heteroatoms. The third-order valence-electron chi connectivity index (χ3n) is 4.77. The van der Waals surface area contributed by atoms with Crippen molar-refractivity contribution in [3.63, 3.8) is 0 Å². The maximum Gasteiger partial charge on any atom is 0.229 e. The van der Waals surface area contributed by atoms with E-state index in [0.29, 0.717) is 5.82 Å². The number of hydrogen-bond donors (Lipinski definition) is 2. The van der Waals surface area contributed by atoms with Gasteiger partial charge in [-0.3, -0.25) is 4.79 Å². The molecule has 2 aliphatic rings. The lowest BCUT2D eigenvalue weighted by Crippen LogP contribution is -2.45. The normalized spacial score (nSPS) is 24.9. The van der Waals surface area contributed by atoms with Gasteiger partial charge in [0, 0.05) is 23.8 Å². The number of aromatic nitrogens is 1. The number of rotatable bonds is 4.